The maximum atomic E-state index is 13.5. The van der Waals surface area contributed by atoms with E-state index in [-0.39, 0.29) is 28.4 Å². The predicted octanol–water partition coefficient (Wildman–Crippen LogP) is 3.82. The van der Waals surface area contributed by atoms with Crippen LogP contribution in [0.15, 0.2) is 39.6 Å². The fourth-order valence-electron chi connectivity index (χ4n) is 4.20. The molecular formula is C23H30N2O5S. The Morgan fingerprint density at radius 2 is 1.87 bits per heavy atom. The predicted molar refractivity (Wildman–Crippen MR) is 116 cm³/mol. The summed E-state index contributed by atoms with van der Waals surface area (Å²) < 4.78 is 38.4. The van der Waals surface area contributed by atoms with Gasteiger partial charge >= 0.3 is 0 Å². The lowest BCUT2D eigenvalue weighted by molar-refractivity contribution is 0.0620. The van der Waals surface area contributed by atoms with Gasteiger partial charge < -0.3 is 14.1 Å². The van der Waals surface area contributed by atoms with Gasteiger partial charge in [-0.15, -0.1) is 0 Å². The van der Waals surface area contributed by atoms with Crippen LogP contribution in [0.3, 0.4) is 0 Å². The molecule has 7 nitrogen and oxygen atoms in total. The number of aryl methyl sites for hydroxylation is 1. The number of rotatable bonds is 8. The Labute approximate surface area is 184 Å². The first-order valence-electron chi connectivity index (χ1n) is 10.9. The van der Waals surface area contributed by atoms with Gasteiger partial charge in [0.2, 0.25) is 10.0 Å². The number of hydrogen-bond acceptors (Lipinski definition) is 5. The third kappa shape index (κ3) is 4.50. The highest BCUT2D eigenvalue weighted by Crippen LogP contribution is 2.37. The van der Waals surface area contributed by atoms with Crippen molar-refractivity contribution < 1.29 is 22.4 Å². The molecule has 2 aromatic rings. The van der Waals surface area contributed by atoms with E-state index in [9.17, 15) is 13.2 Å². The molecule has 1 saturated carbocycles. The van der Waals surface area contributed by atoms with Crippen molar-refractivity contribution in [1.29, 1.82) is 0 Å². The Morgan fingerprint density at radius 1 is 1.23 bits per heavy atom. The van der Waals surface area contributed by atoms with Crippen molar-refractivity contribution in [2.45, 2.75) is 57.0 Å². The molecule has 1 aromatic heterocycles. The lowest BCUT2D eigenvalue weighted by Crippen LogP contribution is -2.39. The first kappa shape index (κ1) is 21.9. The Morgan fingerprint density at radius 3 is 2.45 bits per heavy atom. The fourth-order valence-corrected chi connectivity index (χ4v) is 5.88. The van der Waals surface area contributed by atoms with Gasteiger partial charge in [0.1, 0.15) is 16.4 Å². The van der Waals surface area contributed by atoms with Gasteiger partial charge in [-0.2, -0.15) is 4.31 Å². The minimum atomic E-state index is -3.64. The summed E-state index contributed by atoms with van der Waals surface area (Å²) in [6, 6.07) is 9.07. The summed E-state index contributed by atoms with van der Waals surface area (Å²) >= 11 is 0. The van der Waals surface area contributed by atoms with Crippen LogP contribution in [0.5, 0.6) is 5.75 Å². The Kier molecular flexibility index (Phi) is 6.12. The largest absolute Gasteiger partial charge is 0.497 e. The maximum absolute atomic E-state index is 13.5. The van der Waals surface area contributed by atoms with Crippen LogP contribution in [0.25, 0.3) is 0 Å². The van der Waals surface area contributed by atoms with Crippen molar-refractivity contribution >= 4 is 15.9 Å². The van der Waals surface area contributed by atoms with Crippen LogP contribution in [-0.4, -0.2) is 49.8 Å². The molecule has 0 bridgehead atoms. The zero-order chi connectivity index (χ0) is 22.2. The third-order valence-electron chi connectivity index (χ3n) is 6.33. The number of sulfonamides is 1. The molecule has 1 atom stereocenters. The Bertz CT molecular complexity index is 1030. The van der Waals surface area contributed by atoms with E-state index in [0.717, 1.165) is 37.0 Å². The summed E-state index contributed by atoms with van der Waals surface area (Å²) in [6.07, 6.45) is 3.91. The first-order chi connectivity index (χ1) is 14.8. The topological polar surface area (TPSA) is 80.1 Å². The van der Waals surface area contributed by atoms with E-state index in [1.807, 2.05) is 24.3 Å². The number of methoxy groups -OCH3 is 1. The molecule has 1 unspecified atom stereocenters. The van der Waals surface area contributed by atoms with Crippen molar-refractivity contribution in [3.8, 4) is 5.75 Å². The quantitative estimate of drug-likeness (QED) is 0.616. The average molecular weight is 447 g/mol. The smallest absolute Gasteiger partial charge is 0.290 e. The van der Waals surface area contributed by atoms with Crippen LogP contribution >= 0.6 is 0 Å². The van der Waals surface area contributed by atoms with Gasteiger partial charge in [-0.25, -0.2) is 8.42 Å². The number of benzene rings is 1. The summed E-state index contributed by atoms with van der Waals surface area (Å²) in [7, 11) is -2.03. The minimum absolute atomic E-state index is 0.0404. The SMILES string of the molecule is COc1ccc(CN(C(=O)c2cc(S(=O)(=O)N3CCCC3)c(C)o2)C(C)C2CC2)cc1. The molecule has 4 rings (SSSR count). The summed E-state index contributed by atoms with van der Waals surface area (Å²) in [5.74, 6) is 1.29. The molecule has 31 heavy (non-hydrogen) atoms. The van der Waals surface area contributed by atoms with Gasteiger partial charge in [0.25, 0.3) is 5.91 Å². The number of nitrogens with zero attached hydrogens (tertiary/aromatic N) is 2. The fraction of sp³-hybridized carbons (Fsp3) is 0.522. The molecule has 0 radical (unpaired) electrons. The van der Waals surface area contributed by atoms with Crippen LogP contribution in [0, 0.1) is 12.8 Å². The van der Waals surface area contributed by atoms with Gasteiger partial charge in [0.15, 0.2) is 5.76 Å². The van der Waals surface area contributed by atoms with Gasteiger partial charge in [-0.05, 0) is 63.1 Å². The molecule has 2 fully saturated rings. The monoisotopic (exact) mass is 446 g/mol. The lowest BCUT2D eigenvalue weighted by Gasteiger charge is -2.29. The summed E-state index contributed by atoms with van der Waals surface area (Å²) in [4.78, 5) is 15.4. The average Bonchev–Trinajstić information content (AvgIpc) is 3.29. The molecule has 2 heterocycles. The van der Waals surface area contributed by atoms with Crippen LogP contribution in [0.1, 0.15) is 54.5 Å². The highest BCUT2D eigenvalue weighted by Gasteiger charge is 2.37. The number of hydrogen-bond donors (Lipinski definition) is 0. The molecule has 0 spiro atoms. The molecule has 1 aliphatic heterocycles. The highest BCUT2D eigenvalue weighted by molar-refractivity contribution is 7.89. The molecule has 2 aliphatic rings. The second-order valence-electron chi connectivity index (χ2n) is 8.50. The van der Waals surface area contributed by atoms with Crippen molar-refractivity contribution in [3.05, 3.63) is 47.4 Å². The van der Waals surface area contributed by atoms with Crippen LogP contribution in [0.4, 0.5) is 0 Å². The van der Waals surface area contributed by atoms with E-state index < -0.39 is 10.0 Å². The molecule has 168 valence electrons. The van der Waals surface area contributed by atoms with Crippen LogP contribution in [-0.2, 0) is 16.6 Å². The number of ether oxygens (including phenoxy) is 1. The molecule has 1 aliphatic carbocycles. The standard InChI is InChI=1S/C23H30N2O5S/c1-16(19-8-9-19)25(15-18-6-10-20(29-3)11-7-18)23(26)21-14-22(17(2)30-21)31(27,28)24-12-4-5-13-24/h6-7,10-11,14,16,19H,4-5,8-9,12-13,15H2,1-3H3. The van der Waals surface area contributed by atoms with Gasteiger partial charge in [-0.3, -0.25) is 4.79 Å². The molecule has 0 N–H and O–H groups in total. The molecule has 1 amide bonds. The van der Waals surface area contributed by atoms with Crippen molar-refractivity contribution in [2.24, 2.45) is 5.92 Å². The molecule has 1 saturated heterocycles. The number of carbonyl (C=O) groups is 1. The Hall–Kier alpha value is -2.32. The first-order valence-corrected chi connectivity index (χ1v) is 12.3. The normalized spacial score (nSPS) is 18.2. The highest BCUT2D eigenvalue weighted by atomic mass is 32.2. The number of amides is 1. The van der Waals surface area contributed by atoms with Gasteiger partial charge in [0, 0.05) is 31.7 Å². The Balaban J connectivity index is 1.60. The van der Waals surface area contributed by atoms with E-state index in [1.54, 1.807) is 18.9 Å². The van der Waals surface area contributed by atoms with E-state index >= 15 is 0 Å². The van der Waals surface area contributed by atoms with E-state index in [4.69, 9.17) is 9.15 Å². The van der Waals surface area contributed by atoms with Gasteiger partial charge in [0.05, 0.1) is 7.11 Å². The van der Waals surface area contributed by atoms with Crippen molar-refractivity contribution in [1.82, 2.24) is 9.21 Å². The number of furan rings is 1. The zero-order valence-corrected chi connectivity index (χ0v) is 19.2. The van der Waals surface area contributed by atoms with Crippen molar-refractivity contribution in [2.75, 3.05) is 20.2 Å². The third-order valence-corrected chi connectivity index (χ3v) is 8.34. The lowest BCUT2D eigenvalue weighted by atomic mass is 10.1. The van der Waals surface area contributed by atoms with Crippen molar-refractivity contribution in [3.63, 3.8) is 0 Å². The second-order valence-corrected chi connectivity index (χ2v) is 10.4. The molecule has 8 heteroatoms. The van der Waals surface area contributed by atoms with Crippen LogP contribution < -0.4 is 4.74 Å². The zero-order valence-electron chi connectivity index (χ0n) is 18.3. The van der Waals surface area contributed by atoms with Crippen LogP contribution in [0.2, 0.25) is 0 Å². The summed E-state index contributed by atoms with van der Waals surface area (Å²) in [5, 5.41) is 0. The van der Waals surface area contributed by atoms with E-state index in [0.29, 0.717) is 25.6 Å². The summed E-state index contributed by atoms with van der Waals surface area (Å²) in [6.45, 7) is 5.11. The minimum Gasteiger partial charge on any atom is -0.497 e. The molecule has 1 aromatic carbocycles. The summed E-state index contributed by atoms with van der Waals surface area (Å²) in [5.41, 5.74) is 0.981. The second kappa shape index (κ2) is 8.67. The molecular weight excluding hydrogens is 416 g/mol. The van der Waals surface area contributed by atoms with E-state index in [1.165, 1.54) is 10.4 Å². The van der Waals surface area contributed by atoms with E-state index in [2.05, 4.69) is 6.92 Å². The maximum Gasteiger partial charge on any atom is 0.290 e. The van der Waals surface area contributed by atoms with Gasteiger partial charge in [-0.1, -0.05) is 12.1 Å². The number of carbonyl (C=O) groups excluding carboxylic acids is 1.